The third kappa shape index (κ3) is 8.49. The number of rotatable bonds is 4. The minimum Gasteiger partial charge on any atom is -0.444 e. The van der Waals surface area contributed by atoms with Crippen molar-refractivity contribution in [2.45, 2.75) is 79.4 Å². The lowest BCUT2D eigenvalue weighted by Gasteiger charge is -2.30. The number of nitrogens with one attached hydrogen (secondary N) is 1. The quantitative estimate of drug-likeness (QED) is 0.398. The Morgan fingerprint density at radius 1 is 0.721 bits per heavy atom. The van der Waals surface area contributed by atoms with Crippen LogP contribution in [0.15, 0.2) is 48.6 Å². The van der Waals surface area contributed by atoms with Crippen molar-refractivity contribution in [2.24, 2.45) is 0 Å². The molecular formula is C35H45N3O5. The van der Waals surface area contributed by atoms with Crippen molar-refractivity contribution in [3.8, 4) is 0 Å². The number of nitrogens with zero attached hydrogens (tertiary/aromatic N) is 2. The molecule has 2 heterocycles. The largest absolute Gasteiger partial charge is 0.444 e. The number of benzene rings is 2. The van der Waals surface area contributed by atoms with Crippen molar-refractivity contribution in [1.82, 2.24) is 9.80 Å². The van der Waals surface area contributed by atoms with Crippen LogP contribution in [0.4, 0.5) is 15.3 Å². The molecule has 0 atom stereocenters. The second-order valence-corrected chi connectivity index (χ2v) is 13.3. The maximum atomic E-state index is 13.2. The van der Waals surface area contributed by atoms with Gasteiger partial charge in [-0.05, 0) is 120 Å². The normalized spacial score (nSPS) is 15.8. The molecule has 0 spiro atoms. The van der Waals surface area contributed by atoms with Crippen LogP contribution < -0.4 is 5.32 Å². The molecule has 43 heavy (non-hydrogen) atoms. The van der Waals surface area contributed by atoms with Gasteiger partial charge in [0.25, 0.3) is 5.91 Å². The van der Waals surface area contributed by atoms with Crippen LogP contribution in [0.5, 0.6) is 0 Å². The van der Waals surface area contributed by atoms with Gasteiger partial charge in [-0.15, -0.1) is 0 Å². The molecule has 0 radical (unpaired) electrons. The molecule has 0 aromatic heterocycles. The number of amides is 3. The number of hydrogen-bond donors (Lipinski definition) is 1. The first kappa shape index (κ1) is 31.9. The van der Waals surface area contributed by atoms with Crippen LogP contribution in [0.2, 0.25) is 0 Å². The Kier molecular flexibility index (Phi) is 9.38. The second kappa shape index (κ2) is 12.7. The first-order chi connectivity index (χ1) is 20.1. The SMILES string of the molecule is Cc1cc(C2=CCN(C(=O)OC(C)(C)C)CC2)ccc1C(=O)Nc1ccc(C2=CCN(C(=O)OC(C)(C)C)CC2)c(C)c1. The summed E-state index contributed by atoms with van der Waals surface area (Å²) in [7, 11) is 0. The summed E-state index contributed by atoms with van der Waals surface area (Å²) in [5.41, 5.74) is 6.80. The second-order valence-electron chi connectivity index (χ2n) is 13.3. The van der Waals surface area contributed by atoms with E-state index in [-0.39, 0.29) is 18.1 Å². The zero-order valence-corrected chi connectivity index (χ0v) is 26.8. The third-order valence-corrected chi connectivity index (χ3v) is 7.39. The minimum atomic E-state index is -0.518. The molecule has 2 aromatic rings. The smallest absolute Gasteiger partial charge is 0.410 e. The number of anilines is 1. The minimum absolute atomic E-state index is 0.158. The molecule has 0 aliphatic carbocycles. The van der Waals surface area contributed by atoms with Gasteiger partial charge in [-0.3, -0.25) is 4.79 Å². The number of ether oxygens (including phenoxy) is 2. The Balaban J connectivity index is 1.37. The van der Waals surface area contributed by atoms with Gasteiger partial charge in [0.15, 0.2) is 0 Å². The van der Waals surface area contributed by atoms with Crippen LogP contribution in [-0.4, -0.2) is 65.3 Å². The van der Waals surface area contributed by atoms with Crippen molar-refractivity contribution in [3.63, 3.8) is 0 Å². The Hall–Kier alpha value is -4.07. The summed E-state index contributed by atoms with van der Waals surface area (Å²) in [5, 5.41) is 3.05. The summed E-state index contributed by atoms with van der Waals surface area (Å²) in [6.45, 7) is 17.4. The summed E-state index contributed by atoms with van der Waals surface area (Å²) < 4.78 is 11.0. The van der Waals surface area contributed by atoms with Gasteiger partial charge < -0.3 is 24.6 Å². The van der Waals surface area contributed by atoms with Crippen molar-refractivity contribution in [1.29, 1.82) is 0 Å². The number of carbonyl (C=O) groups is 3. The van der Waals surface area contributed by atoms with E-state index in [1.54, 1.807) is 9.80 Å². The van der Waals surface area contributed by atoms with E-state index < -0.39 is 11.2 Å². The van der Waals surface area contributed by atoms with Crippen LogP contribution in [0, 0.1) is 13.8 Å². The molecule has 2 aliphatic heterocycles. The molecule has 0 saturated heterocycles. The molecule has 3 amide bonds. The lowest BCUT2D eigenvalue weighted by Crippen LogP contribution is -2.39. The van der Waals surface area contributed by atoms with Crippen molar-refractivity contribution in [3.05, 3.63) is 76.4 Å². The summed E-state index contributed by atoms with van der Waals surface area (Å²) in [6, 6.07) is 11.8. The third-order valence-electron chi connectivity index (χ3n) is 7.39. The van der Waals surface area contributed by atoms with Crippen LogP contribution >= 0.6 is 0 Å². The predicted molar refractivity (Wildman–Crippen MR) is 171 cm³/mol. The fourth-order valence-corrected chi connectivity index (χ4v) is 5.25. The molecule has 1 N–H and O–H groups in total. The van der Waals surface area contributed by atoms with Crippen molar-refractivity contribution in [2.75, 3.05) is 31.5 Å². The number of aryl methyl sites for hydroxylation is 2. The molecule has 0 unspecified atom stereocenters. The van der Waals surface area contributed by atoms with Gasteiger partial charge in [-0.2, -0.15) is 0 Å². The van der Waals surface area contributed by atoms with E-state index in [1.165, 1.54) is 5.57 Å². The summed E-state index contributed by atoms with van der Waals surface area (Å²) in [4.78, 5) is 41.4. The number of carbonyl (C=O) groups excluding carboxylic acids is 3. The lowest BCUT2D eigenvalue weighted by molar-refractivity contribution is 0.0260. The standard InChI is InChI=1S/C35H45N3O5/c1-23-21-27(25-13-17-37(18-14-25)32(40)42-34(3,4)5)9-11-30(23)31(39)36-28-10-12-29(24(2)22-28)26-15-19-38(20-16-26)33(41)43-35(6,7)8/h9-13,15,21-22H,14,16-20H2,1-8H3,(H,36,39). The highest BCUT2D eigenvalue weighted by Crippen LogP contribution is 2.29. The first-order valence-electron chi connectivity index (χ1n) is 15.0. The summed E-state index contributed by atoms with van der Waals surface area (Å²) in [5.74, 6) is -0.158. The topological polar surface area (TPSA) is 88.2 Å². The number of hydrogen-bond acceptors (Lipinski definition) is 5. The average molecular weight is 588 g/mol. The van der Waals surface area contributed by atoms with Gasteiger partial charge in [-0.25, -0.2) is 9.59 Å². The van der Waals surface area contributed by atoms with Gasteiger partial charge in [0, 0.05) is 37.4 Å². The van der Waals surface area contributed by atoms with Gasteiger partial charge in [0.1, 0.15) is 11.2 Å². The molecule has 230 valence electrons. The Morgan fingerprint density at radius 3 is 1.74 bits per heavy atom. The van der Waals surface area contributed by atoms with Crippen molar-refractivity contribution < 1.29 is 23.9 Å². The molecule has 0 bridgehead atoms. The van der Waals surface area contributed by atoms with E-state index in [0.717, 1.165) is 46.4 Å². The highest BCUT2D eigenvalue weighted by atomic mass is 16.6. The van der Waals surface area contributed by atoms with Crippen LogP contribution in [0.3, 0.4) is 0 Å². The Labute approximate surface area is 255 Å². The van der Waals surface area contributed by atoms with Gasteiger partial charge >= 0.3 is 12.2 Å². The highest BCUT2D eigenvalue weighted by molar-refractivity contribution is 6.05. The Bertz CT molecular complexity index is 1460. The first-order valence-corrected chi connectivity index (χ1v) is 15.0. The zero-order chi connectivity index (χ0) is 31.5. The summed E-state index contributed by atoms with van der Waals surface area (Å²) in [6.07, 6.45) is 5.02. The Morgan fingerprint density at radius 2 is 1.28 bits per heavy atom. The lowest BCUT2D eigenvalue weighted by atomic mass is 9.94. The van der Waals surface area contributed by atoms with Gasteiger partial charge in [-0.1, -0.05) is 30.4 Å². The maximum absolute atomic E-state index is 13.2. The van der Waals surface area contributed by atoms with Gasteiger partial charge in [0.2, 0.25) is 0 Å². The highest BCUT2D eigenvalue weighted by Gasteiger charge is 2.25. The van der Waals surface area contributed by atoms with Crippen LogP contribution in [-0.2, 0) is 9.47 Å². The molecule has 0 fully saturated rings. The molecule has 2 aliphatic rings. The molecule has 0 saturated carbocycles. The predicted octanol–water partition coefficient (Wildman–Crippen LogP) is 7.60. The van der Waals surface area contributed by atoms with Crippen LogP contribution in [0.1, 0.15) is 87.0 Å². The fraction of sp³-hybridized carbons (Fsp3) is 0.457. The molecule has 8 heteroatoms. The van der Waals surface area contributed by atoms with E-state index in [1.807, 2.05) is 91.8 Å². The van der Waals surface area contributed by atoms with E-state index >= 15 is 0 Å². The average Bonchev–Trinajstić information content (AvgIpc) is 2.91. The fourth-order valence-electron chi connectivity index (χ4n) is 5.25. The van der Waals surface area contributed by atoms with E-state index in [4.69, 9.17) is 9.47 Å². The molecule has 4 rings (SSSR count). The van der Waals surface area contributed by atoms with E-state index in [9.17, 15) is 14.4 Å². The zero-order valence-electron chi connectivity index (χ0n) is 26.8. The monoisotopic (exact) mass is 587 g/mol. The van der Waals surface area contributed by atoms with E-state index in [2.05, 4.69) is 17.5 Å². The molecular weight excluding hydrogens is 542 g/mol. The van der Waals surface area contributed by atoms with E-state index in [0.29, 0.717) is 31.7 Å². The molecule has 2 aromatic carbocycles. The van der Waals surface area contributed by atoms with Gasteiger partial charge in [0.05, 0.1) is 0 Å². The van der Waals surface area contributed by atoms with Crippen LogP contribution in [0.25, 0.3) is 11.1 Å². The molecule has 8 nitrogen and oxygen atoms in total. The maximum Gasteiger partial charge on any atom is 0.410 e. The van der Waals surface area contributed by atoms with Crippen molar-refractivity contribution >= 4 is 34.9 Å². The summed E-state index contributed by atoms with van der Waals surface area (Å²) >= 11 is 0.